The molecular weight excluding hydrogens is 278 g/mol. The van der Waals surface area contributed by atoms with Gasteiger partial charge in [-0.1, -0.05) is 41.9 Å². The third-order valence-electron chi connectivity index (χ3n) is 3.60. The lowest BCUT2D eigenvalue weighted by molar-refractivity contribution is 0.256. The predicted molar refractivity (Wildman–Crippen MR) is 71.9 cm³/mol. The molecule has 1 aliphatic rings. The average molecular weight is 294 g/mol. The minimum Gasteiger partial charge on any atom is -0.211 e. The van der Waals surface area contributed by atoms with E-state index in [0.717, 1.165) is 29.3 Å². The van der Waals surface area contributed by atoms with Gasteiger partial charge in [-0.2, -0.15) is 4.99 Å². The number of hydrogen-bond acceptors (Lipinski definition) is 2. The van der Waals surface area contributed by atoms with Crippen molar-refractivity contribution in [1.82, 2.24) is 0 Å². The molecule has 0 radical (unpaired) electrons. The Labute approximate surface area is 110 Å². The minimum absolute atomic E-state index is 0.292. The smallest absolute Gasteiger partial charge is 0.211 e. The first-order valence-electron chi connectivity index (χ1n) is 5.98. The van der Waals surface area contributed by atoms with Gasteiger partial charge in [0.1, 0.15) is 0 Å². The number of aliphatic imine (C=N–C) groups is 1. The van der Waals surface area contributed by atoms with Crippen molar-refractivity contribution in [2.75, 3.05) is 0 Å². The zero-order valence-corrected chi connectivity index (χ0v) is 11.8. The fourth-order valence-electron chi connectivity index (χ4n) is 2.35. The van der Waals surface area contributed by atoms with Gasteiger partial charge in [0, 0.05) is 4.47 Å². The molecule has 0 bridgehead atoms. The van der Waals surface area contributed by atoms with E-state index in [-0.39, 0.29) is 5.54 Å². The first kappa shape index (κ1) is 12.5. The molecule has 0 saturated heterocycles. The zero-order valence-electron chi connectivity index (χ0n) is 10.2. The molecule has 0 aromatic heterocycles. The minimum atomic E-state index is -0.292. The van der Waals surface area contributed by atoms with Crippen molar-refractivity contribution in [3.05, 3.63) is 33.8 Å². The molecule has 0 aliphatic heterocycles. The van der Waals surface area contributed by atoms with E-state index in [0.29, 0.717) is 5.92 Å². The van der Waals surface area contributed by atoms with Gasteiger partial charge < -0.3 is 0 Å². The SMILES string of the molecule is CC(C)c1ccc(C2(N=C=O)CCC2)cc1Br. The topological polar surface area (TPSA) is 29.4 Å². The lowest BCUT2D eigenvalue weighted by Crippen LogP contribution is -2.31. The maximum atomic E-state index is 10.5. The Hall–Kier alpha value is -0.920. The standard InChI is InChI=1S/C14H16BrNO/c1-10(2)12-5-4-11(8-13(12)15)14(16-9-17)6-3-7-14/h4-5,8,10H,3,6-7H2,1-2H3. The Morgan fingerprint density at radius 3 is 2.53 bits per heavy atom. The van der Waals surface area contributed by atoms with Gasteiger partial charge in [0.05, 0.1) is 5.54 Å². The summed E-state index contributed by atoms with van der Waals surface area (Å²) in [6.45, 7) is 4.34. The molecule has 1 fully saturated rings. The third-order valence-corrected chi connectivity index (χ3v) is 4.29. The lowest BCUT2D eigenvalue weighted by Gasteiger charge is -2.37. The van der Waals surface area contributed by atoms with E-state index < -0.39 is 0 Å². The van der Waals surface area contributed by atoms with E-state index in [2.05, 4.69) is 53.0 Å². The van der Waals surface area contributed by atoms with Crippen LogP contribution in [-0.2, 0) is 10.3 Å². The molecule has 2 nitrogen and oxygen atoms in total. The molecule has 0 amide bonds. The molecule has 17 heavy (non-hydrogen) atoms. The maximum absolute atomic E-state index is 10.5. The number of halogens is 1. The first-order chi connectivity index (χ1) is 8.09. The molecule has 0 unspecified atom stereocenters. The number of nitrogens with zero attached hydrogens (tertiary/aromatic N) is 1. The summed E-state index contributed by atoms with van der Waals surface area (Å²) in [6.07, 6.45) is 4.77. The second-order valence-corrected chi connectivity index (χ2v) is 5.83. The number of hydrogen-bond donors (Lipinski definition) is 0. The summed E-state index contributed by atoms with van der Waals surface area (Å²) >= 11 is 3.60. The van der Waals surface area contributed by atoms with Crippen molar-refractivity contribution < 1.29 is 4.79 Å². The van der Waals surface area contributed by atoms with Gasteiger partial charge in [0.15, 0.2) is 0 Å². The highest BCUT2D eigenvalue weighted by Crippen LogP contribution is 2.45. The van der Waals surface area contributed by atoms with E-state index in [1.807, 2.05) is 0 Å². The van der Waals surface area contributed by atoms with Crippen LogP contribution >= 0.6 is 15.9 Å². The summed E-state index contributed by atoms with van der Waals surface area (Å²) in [4.78, 5) is 14.6. The molecule has 2 rings (SSSR count). The van der Waals surface area contributed by atoms with E-state index in [1.165, 1.54) is 5.56 Å². The molecule has 90 valence electrons. The van der Waals surface area contributed by atoms with Gasteiger partial charge in [-0.15, -0.1) is 0 Å². The highest BCUT2D eigenvalue weighted by molar-refractivity contribution is 9.10. The van der Waals surface area contributed by atoms with E-state index in [4.69, 9.17) is 0 Å². The third kappa shape index (κ3) is 2.22. The largest absolute Gasteiger partial charge is 0.235 e. The monoisotopic (exact) mass is 293 g/mol. The Morgan fingerprint density at radius 2 is 2.12 bits per heavy atom. The molecule has 1 saturated carbocycles. The van der Waals surface area contributed by atoms with Crippen LogP contribution in [0.2, 0.25) is 0 Å². The number of rotatable bonds is 3. The molecule has 0 heterocycles. The summed E-state index contributed by atoms with van der Waals surface area (Å²) in [5, 5.41) is 0. The van der Waals surface area contributed by atoms with Crippen LogP contribution in [0.25, 0.3) is 0 Å². The Kier molecular flexibility index (Phi) is 3.50. The van der Waals surface area contributed by atoms with Gasteiger partial charge in [-0.3, -0.25) is 0 Å². The molecule has 1 aliphatic carbocycles. The summed E-state index contributed by atoms with van der Waals surface area (Å²) in [6, 6.07) is 6.33. The van der Waals surface area contributed by atoms with Crippen molar-refractivity contribution in [3.8, 4) is 0 Å². The van der Waals surface area contributed by atoms with Crippen LogP contribution in [0.4, 0.5) is 0 Å². The summed E-state index contributed by atoms with van der Waals surface area (Å²) in [5.41, 5.74) is 2.13. The Balaban J connectivity index is 2.40. The van der Waals surface area contributed by atoms with Crippen LogP contribution in [0.1, 0.15) is 50.2 Å². The molecule has 0 spiro atoms. The van der Waals surface area contributed by atoms with Crippen LogP contribution in [0.5, 0.6) is 0 Å². The zero-order chi connectivity index (χ0) is 12.5. The van der Waals surface area contributed by atoms with Gasteiger partial charge in [0.25, 0.3) is 0 Å². The first-order valence-corrected chi connectivity index (χ1v) is 6.77. The van der Waals surface area contributed by atoms with Crippen LogP contribution in [0.15, 0.2) is 27.7 Å². The molecule has 1 aromatic carbocycles. The normalized spacial score (nSPS) is 17.4. The van der Waals surface area contributed by atoms with Crippen LogP contribution in [0, 0.1) is 0 Å². The van der Waals surface area contributed by atoms with Crippen molar-refractivity contribution in [3.63, 3.8) is 0 Å². The fourth-order valence-corrected chi connectivity index (χ4v) is 3.19. The highest BCUT2D eigenvalue weighted by Gasteiger charge is 2.39. The fraction of sp³-hybridized carbons (Fsp3) is 0.500. The lowest BCUT2D eigenvalue weighted by atomic mass is 9.72. The molecule has 1 aromatic rings. The Morgan fingerprint density at radius 1 is 1.41 bits per heavy atom. The van der Waals surface area contributed by atoms with Crippen molar-refractivity contribution in [2.24, 2.45) is 4.99 Å². The van der Waals surface area contributed by atoms with Crippen LogP contribution in [0.3, 0.4) is 0 Å². The van der Waals surface area contributed by atoms with Crippen molar-refractivity contribution in [1.29, 1.82) is 0 Å². The quantitative estimate of drug-likeness (QED) is 0.604. The second kappa shape index (κ2) is 4.75. The Bertz CT molecular complexity index is 471. The molecule has 0 atom stereocenters. The van der Waals surface area contributed by atoms with E-state index in [1.54, 1.807) is 6.08 Å². The maximum Gasteiger partial charge on any atom is 0.235 e. The van der Waals surface area contributed by atoms with Crippen molar-refractivity contribution >= 4 is 22.0 Å². The van der Waals surface area contributed by atoms with Gasteiger partial charge in [0.2, 0.25) is 6.08 Å². The van der Waals surface area contributed by atoms with Crippen LogP contribution in [-0.4, -0.2) is 6.08 Å². The summed E-state index contributed by atoms with van der Waals surface area (Å²) in [5.74, 6) is 0.491. The summed E-state index contributed by atoms with van der Waals surface area (Å²) in [7, 11) is 0. The van der Waals surface area contributed by atoms with E-state index in [9.17, 15) is 4.79 Å². The number of carbonyl (C=O) groups excluding carboxylic acids is 1. The molecule has 3 heteroatoms. The summed E-state index contributed by atoms with van der Waals surface area (Å²) < 4.78 is 1.11. The van der Waals surface area contributed by atoms with Gasteiger partial charge in [-0.25, -0.2) is 4.79 Å². The molecule has 0 N–H and O–H groups in total. The number of isocyanates is 1. The highest BCUT2D eigenvalue weighted by atomic mass is 79.9. The van der Waals surface area contributed by atoms with Crippen molar-refractivity contribution in [2.45, 2.75) is 44.6 Å². The molecular formula is C14H16BrNO. The number of benzene rings is 1. The predicted octanol–water partition coefficient (Wildman–Crippen LogP) is 4.29. The van der Waals surface area contributed by atoms with Gasteiger partial charge in [-0.05, 0) is 42.4 Å². The van der Waals surface area contributed by atoms with Crippen LogP contribution < -0.4 is 0 Å². The average Bonchev–Trinajstić information content (AvgIpc) is 2.22. The van der Waals surface area contributed by atoms with E-state index >= 15 is 0 Å². The van der Waals surface area contributed by atoms with Gasteiger partial charge >= 0.3 is 0 Å². The second-order valence-electron chi connectivity index (χ2n) is 4.98.